The molecule has 0 radical (unpaired) electrons. The van der Waals surface area contributed by atoms with Crippen LogP contribution in [0.3, 0.4) is 0 Å². The highest BCUT2D eigenvalue weighted by Crippen LogP contribution is 2.63. The van der Waals surface area contributed by atoms with Gasteiger partial charge in [0, 0.05) is 12.0 Å². The molecule has 2 saturated carbocycles. The standard InChI is InChI=1S/C25H26N2O6/c28-12-21(22(29)30)27-23(31)25-10-14(25)9-15(11-25)26-24(32)33-13-20-18-7-3-1-5-16(18)17-6-2-4-8-19(17)20/h1-8,14-15,20-21,28H,9-13H2,(H,26,32)(H,27,31)(H,29,30). The maximum Gasteiger partial charge on any atom is 0.407 e. The van der Waals surface area contributed by atoms with Gasteiger partial charge >= 0.3 is 12.1 Å². The highest BCUT2D eigenvalue weighted by Gasteiger charge is 2.65. The van der Waals surface area contributed by atoms with E-state index in [0.29, 0.717) is 19.3 Å². The minimum atomic E-state index is -1.32. The molecular weight excluding hydrogens is 424 g/mol. The summed E-state index contributed by atoms with van der Waals surface area (Å²) in [5, 5.41) is 23.5. The molecule has 0 aromatic heterocycles. The average molecular weight is 450 g/mol. The van der Waals surface area contributed by atoms with Crippen LogP contribution in [0, 0.1) is 11.3 Å². The molecule has 8 heteroatoms. The predicted molar refractivity (Wildman–Crippen MR) is 118 cm³/mol. The van der Waals surface area contributed by atoms with Gasteiger partial charge in [-0.05, 0) is 47.4 Å². The number of carbonyl (C=O) groups is 3. The second kappa shape index (κ2) is 8.19. The molecule has 8 nitrogen and oxygen atoms in total. The van der Waals surface area contributed by atoms with Crippen LogP contribution in [0.2, 0.25) is 0 Å². The summed E-state index contributed by atoms with van der Waals surface area (Å²) in [7, 11) is 0. The van der Waals surface area contributed by atoms with Crippen molar-refractivity contribution in [3.8, 4) is 11.1 Å². The second-order valence-electron chi connectivity index (χ2n) is 9.21. The van der Waals surface area contributed by atoms with E-state index in [4.69, 9.17) is 14.9 Å². The zero-order valence-corrected chi connectivity index (χ0v) is 18.0. The number of carbonyl (C=O) groups excluding carboxylic acids is 2. The molecule has 3 aliphatic carbocycles. The molecule has 2 fully saturated rings. The van der Waals surface area contributed by atoms with Gasteiger partial charge in [-0.15, -0.1) is 0 Å². The van der Waals surface area contributed by atoms with Gasteiger partial charge < -0.3 is 25.6 Å². The number of amides is 2. The number of aliphatic carboxylic acids is 1. The minimum Gasteiger partial charge on any atom is -0.480 e. The van der Waals surface area contributed by atoms with E-state index >= 15 is 0 Å². The number of carboxylic acids is 1. The number of aliphatic hydroxyl groups excluding tert-OH is 1. The van der Waals surface area contributed by atoms with Crippen molar-refractivity contribution in [1.29, 1.82) is 0 Å². The summed E-state index contributed by atoms with van der Waals surface area (Å²) < 4.78 is 5.60. The van der Waals surface area contributed by atoms with Crippen molar-refractivity contribution in [2.24, 2.45) is 11.3 Å². The lowest BCUT2D eigenvalue weighted by Gasteiger charge is -2.20. The fourth-order valence-corrected chi connectivity index (χ4v) is 5.58. The first kappa shape index (κ1) is 21.5. The van der Waals surface area contributed by atoms with Crippen LogP contribution in [0.25, 0.3) is 11.1 Å². The number of fused-ring (bicyclic) bond motifs is 4. The minimum absolute atomic E-state index is 0.0244. The van der Waals surface area contributed by atoms with Crippen molar-refractivity contribution in [1.82, 2.24) is 10.6 Å². The van der Waals surface area contributed by atoms with Crippen molar-refractivity contribution in [2.75, 3.05) is 13.2 Å². The molecule has 0 bridgehead atoms. The van der Waals surface area contributed by atoms with Gasteiger partial charge in [-0.1, -0.05) is 48.5 Å². The summed E-state index contributed by atoms with van der Waals surface area (Å²) in [6.45, 7) is -0.443. The van der Waals surface area contributed by atoms with Gasteiger partial charge in [0.15, 0.2) is 0 Å². The van der Waals surface area contributed by atoms with Crippen LogP contribution < -0.4 is 10.6 Å². The zero-order chi connectivity index (χ0) is 23.2. The molecule has 172 valence electrons. The second-order valence-corrected chi connectivity index (χ2v) is 9.21. The SMILES string of the molecule is O=C(NC1CC2CC2(C(=O)NC(CO)C(=O)O)C1)OCC1c2ccccc2-c2ccccc21. The Morgan fingerprint density at radius 2 is 1.67 bits per heavy atom. The highest BCUT2D eigenvalue weighted by atomic mass is 16.5. The van der Waals surface area contributed by atoms with Crippen molar-refractivity contribution < 1.29 is 29.3 Å². The Balaban J connectivity index is 1.17. The van der Waals surface area contributed by atoms with E-state index in [2.05, 4.69) is 34.9 Å². The van der Waals surface area contributed by atoms with Gasteiger partial charge in [-0.25, -0.2) is 9.59 Å². The molecular formula is C25H26N2O6. The molecule has 4 unspecified atom stereocenters. The van der Waals surface area contributed by atoms with Crippen molar-refractivity contribution in [3.05, 3.63) is 59.7 Å². The third kappa shape index (κ3) is 3.74. The Morgan fingerprint density at radius 1 is 1.03 bits per heavy atom. The fourth-order valence-electron chi connectivity index (χ4n) is 5.58. The number of benzene rings is 2. The van der Waals surface area contributed by atoms with Crippen LogP contribution >= 0.6 is 0 Å². The Labute approximate surface area is 191 Å². The van der Waals surface area contributed by atoms with Crippen LogP contribution in [0.15, 0.2) is 48.5 Å². The number of hydrogen-bond acceptors (Lipinski definition) is 5. The van der Waals surface area contributed by atoms with Crippen molar-refractivity contribution >= 4 is 18.0 Å². The van der Waals surface area contributed by atoms with E-state index in [1.165, 1.54) is 0 Å². The maximum absolute atomic E-state index is 12.6. The van der Waals surface area contributed by atoms with E-state index in [1.807, 2.05) is 24.3 Å². The maximum atomic E-state index is 12.6. The summed E-state index contributed by atoms with van der Waals surface area (Å²) in [4.78, 5) is 36.3. The molecule has 33 heavy (non-hydrogen) atoms. The number of aliphatic hydroxyl groups is 1. The monoisotopic (exact) mass is 450 g/mol. The lowest BCUT2D eigenvalue weighted by molar-refractivity contribution is -0.144. The molecule has 0 aliphatic heterocycles. The molecule has 5 rings (SSSR count). The summed E-state index contributed by atoms with van der Waals surface area (Å²) >= 11 is 0. The highest BCUT2D eigenvalue weighted by molar-refractivity contribution is 5.90. The van der Waals surface area contributed by atoms with Gasteiger partial charge in [0.1, 0.15) is 12.6 Å². The first-order valence-corrected chi connectivity index (χ1v) is 11.2. The van der Waals surface area contributed by atoms with Gasteiger partial charge in [-0.3, -0.25) is 4.79 Å². The van der Waals surface area contributed by atoms with Crippen molar-refractivity contribution in [2.45, 2.75) is 37.3 Å². The lowest BCUT2D eigenvalue weighted by Crippen LogP contribution is -2.47. The number of alkyl carbamates (subject to hydrolysis) is 1. The molecule has 2 aromatic rings. The number of nitrogens with one attached hydrogen (secondary N) is 2. The summed E-state index contributed by atoms with van der Waals surface area (Å²) in [6, 6.07) is 14.7. The first-order chi connectivity index (χ1) is 15.9. The fraction of sp³-hybridized carbons (Fsp3) is 0.400. The van der Waals surface area contributed by atoms with Crippen LogP contribution in [0.5, 0.6) is 0 Å². The average Bonchev–Trinajstić information content (AvgIpc) is 3.24. The molecule has 3 aliphatic rings. The van der Waals surface area contributed by atoms with Crippen LogP contribution in [-0.2, 0) is 14.3 Å². The van der Waals surface area contributed by atoms with Gasteiger partial charge in [-0.2, -0.15) is 0 Å². The van der Waals surface area contributed by atoms with E-state index in [-0.39, 0.29) is 30.4 Å². The van der Waals surface area contributed by atoms with Crippen LogP contribution in [0.1, 0.15) is 36.3 Å². The Hall–Kier alpha value is -3.39. The number of hydrogen-bond donors (Lipinski definition) is 4. The molecule has 0 saturated heterocycles. The summed E-state index contributed by atoms with van der Waals surface area (Å²) in [5.74, 6) is -1.57. The molecule has 2 amide bonds. The quantitative estimate of drug-likeness (QED) is 0.513. The Morgan fingerprint density at radius 3 is 2.27 bits per heavy atom. The van der Waals surface area contributed by atoms with E-state index in [9.17, 15) is 14.4 Å². The third-order valence-corrected chi connectivity index (χ3v) is 7.32. The molecule has 0 spiro atoms. The van der Waals surface area contributed by atoms with Gasteiger partial charge in [0.05, 0.1) is 12.0 Å². The summed E-state index contributed by atoms with van der Waals surface area (Å²) in [6.07, 6.45) is 1.23. The number of ether oxygens (including phenoxy) is 1. The smallest absolute Gasteiger partial charge is 0.407 e. The molecule has 4 atom stereocenters. The zero-order valence-electron chi connectivity index (χ0n) is 18.0. The predicted octanol–water partition coefficient (Wildman–Crippen LogP) is 2.26. The molecule has 4 N–H and O–H groups in total. The Bertz CT molecular complexity index is 1070. The van der Waals surface area contributed by atoms with E-state index in [1.54, 1.807) is 0 Å². The van der Waals surface area contributed by atoms with Crippen LogP contribution in [0.4, 0.5) is 4.79 Å². The van der Waals surface area contributed by atoms with Gasteiger partial charge in [0.2, 0.25) is 5.91 Å². The lowest BCUT2D eigenvalue weighted by atomic mass is 9.98. The van der Waals surface area contributed by atoms with Crippen LogP contribution in [-0.4, -0.2) is 53.5 Å². The van der Waals surface area contributed by atoms with E-state index in [0.717, 1.165) is 22.3 Å². The van der Waals surface area contributed by atoms with E-state index < -0.39 is 30.1 Å². The topological polar surface area (TPSA) is 125 Å². The number of carboxylic acid groups (broad SMARTS) is 1. The van der Waals surface area contributed by atoms with Gasteiger partial charge in [0.25, 0.3) is 0 Å². The molecule has 0 heterocycles. The largest absolute Gasteiger partial charge is 0.480 e. The molecule has 2 aromatic carbocycles. The summed E-state index contributed by atoms with van der Waals surface area (Å²) in [5.41, 5.74) is 3.94. The third-order valence-electron chi connectivity index (χ3n) is 7.32. The number of rotatable bonds is 7. The first-order valence-electron chi connectivity index (χ1n) is 11.2. The normalized spacial score (nSPS) is 25.4. The Kier molecular flexibility index (Phi) is 5.32. The van der Waals surface area contributed by atoms with Crippen molar-refractivity contribution in [3.63, 3.8) is 0 Å².